The second-order valence-electron chi connectivity index (χ2n) is 3.39. The van der Waals surface area contributed by atoms with Gasteiger partial charge >= 0.3 is 5.97 Å². The Hall–Kier alpha value is -0.890. The van der Waals surface area contributed by atoms with Gasteiger partial charge < -0.3 is 9.47 Å². The minimum atomic E-state index is -0.542. The molecule has 1 aromatic carbocycles. The molecule has 0 saturated heterocycles. The molecule has 5 nitrogen and oxygen atoms in total. The van der Waals surface area contributed by atoms with Gasteiger partial charge in [-0.3, -0.25) is 0 Å². The number of nitrogens with zero attached hydrogens (tertiary/aromatic N) is 2. The van der Waals surface area contributed by atoms with Crippen molar-refractivity contribution >= 4 is 56.4 Å². The van der Waals surface area contributed by atoms with Gasteiger partial charge in [-0.15, -0.1) is 5.10 Å². The van der Waals surface area contributed by atoms with Crippen LogP contribution in [-0.4, -0.2) is 22.8 Å². The van der Waals surface area contributed by atoms with E-state index in [4.69, 9.17) is 32.7 Å². The summed E-state index contributed by atoms with van der Waals surface area (Å²) in [6.45, 7) is 1.97. The third kappa shape index (κ3) is 3.60. The number of hydrogen-bond acceptors (Lipinski definition) is 6. The van der Waals surface area contributed by atoms with Gasteiger partial charge in [-0.2, -0.15) is 0 Å². The van der Waals surface area contributed by atoms with Gasteiger partial charge in [0.05, 0.1) is 16.7 Å². The molecule has 20 heavy (non-hydrogen) atoms. The number of ether oxygens (including phenoxy) is 2. The largest absolute Gasteiger partial charge is 0.461 e. The molecule has 0 aliphatic heterocycles. The fourth-order valence-electron chi connectivity index (χ4n) is 1.20. The number of benzene rings is 1. The highest BCUT2D eigenvalue weighted by Gasteiger charge is 2.16. The van der Waals surface area contributed by atoms with Crippen molar-refractivity contribution in [2.24, 2.45) is 0 Å². The lowest BCUT2D eigenvalue weighted by Gasteiger charge is -2.05. The number of carbonyl (C=O) groups is 1. The Morgan fingerprint density at radius 1 is 1.35 bits per heavy atom. The molecule has 0 aliphatic rings. The highest BCUT2D eigenvalue weighted by atomic mass is 79.9. The standard InChI is InChI=1S/C11H7BrCl2N2O3S/c1-2-18-10(17)9-15-16-11(20-9)19-8-4-6(13)5(12)3-7(8)14/h3-4H,2H2,1H3. The molecule has 2 aromatic rings. The molecule has 2 rings (SSSR count). The fraction of sp³-hybridized carbons (Fsp3) is 0.182. The zero-order chi connectivity index (χ0) is 14.7. The summed E-state index contributed by atoms with van der Waals surface area (Å²) in [5.74, 6) is -0.216. The predicted molar refractivity (Wildman–Crippen MR) is 80.1 cm³/mol. The highest BCUT2D eigenvalue weighted by molar-refractivity contribution is 9.10. The first-order valence-electron chi connectivity index (χ1n) is 5.34. The molecule has 0 aliphatic carbocycles. The predicted octanol–water partition coefficient (Wildman–Crippen LogP) is 4.58. The average Bonchev–Trinajstić information content (AvgIpc) is 2.85. The van der Waals surface area contributed by atoms with Crippen LogP contribution >= 0.6 is 50.5 Å². The molecule has 0 fully saturated rings. The maximum absolute atomic E-state index is 11.5. The van der Waals surface area contributed by atoms with Crippen LogP contribution in [0.1, 0.15) is 16.7 Å². The third-order valence-corrected chi connectivity index (χ3v) is 4.30. The summed E-state index contributed by atoms with van der Waals surface area (Å²) >= 11 is 16.2. The molecular formula is C11H7BrCl2N2O3S. The Kier molecular flexibility index (Phi) is 5.20. The normalized spacial score (nSPS) is 10.4. The third-order valence-electron chi connectivity index (χ3n) is 2.03. The minimum absolute atomic E-state index is 0.112. The Morgan fingerprint density at radius 3 is 2.80 bits per heavy atom. The van der Waals surface area contributed by atoms with E-state index >= 15 is 0 Å². The van der Waals surface area contributed by atoms with Crippen LogP contribution in [0.25, 0.3) is 0 Å². The number of aromatic nitrogens is 2. The zero-order valence-electron chi connectivity index (χ0n) is 10.0. The molecule has 106 valence electrons. The van der Waals surface area contributed by atoms with Gasteiger partial charge in [0.25, 0.3) is 5.19 Å². The Morgan fingerprint density at radius 2 is 2.10 bits per heavy atom. The van der Waals surface area contributed by atoms with Gasteiger partial charge in [0.15, 0.2) is 5.75 Å². The van der Waals surface area contributed by atoms with Crippen LogP contribution in [0.5, 0.6) is 10.9 Å². The zero-order valence-corrected chi connectivity index (χ0v) is 13.9. The number of esters is 1. The number of halogens is 3. The second kappa shape index (κ2) is 6.71. The van der Waals surface area contributed by atoms with Crippen molar-refractivity contribution in [2.75, 3.05) is 6.61 Å². The first kappa shape index (κ1) is 15.5. The van der Waals surface area contributed by atoms with E-state index in [1.54, 1.807) is 19.1 Å². The summed E-state index contributed by atoms with van der Waals surface area (Å²) in [6, 6.07) is 3.14. The van der Waals surface area contributed by atoms with Crippen molar-refractivity contribution in [1.82, 2.24) is 10.2 Å². The van der Waals surface area contributed by atoms with Gasteiger partial charge in [0.2, 0.25) is 5.01 Å². The van der Waals surface area contributed by atoms with Crippen LogP contribution in [0.3, 0.4) is 0 Å². The van der Waals surface area contributed by atoms with Gasteiger partial charge in [0.1, 0.15) is 0 Å². The van der Waals surface area contributed by atoms with Crippen LogP contribution in [0.4, 0.5) is 0 Å². The maximum atomic E-state index is 11.5. The smallest absolute Gasteiger partial charge is 0.369 e. The summed E-state index contributed by atoms with van der Waals surface area (Å²) in [7, 11) is 0. The lowest BCUT2D eigenvalue weighted by Crippen LogP contribution is -2.03. The van der Waals surface area contributed by atoms with E-state index in [0.717, 1.165) is 11.3 Å². The number of hydrogen-bond donors (Lipinski definition) is 0. The van der Waals surface area contributed by atoms with Crippen molar-refractivity contribution in [3.8, 4) is 10.9 Å². The lowest BCUT2D eigenvalue weighted by atomic mass is 10.3. The molecule has 0 amide bonds. The molecule has 0 spiro atoms. The molecular weight excluding hydrogens is 391 g/mol. The van der Waals surface area contributed by atoms with Crippen molar-refractivity contribution in [3.63, 3.8) is 0 Å². The molecule has 9 heteroatoms. The van der Waals surface area contributed by atoms with Crippen LogP contribution < -0.4 is 4.74 Å². The van der Waals surface area contributed by atoms with Crippen molar-refractivity contribution in [3.05, 3.63) is 31.7 Å². The van der Waals surface area contributed by atoms with Crippen molar-refractivity contribution in [2.45, 2.75) is 6.92 Å². The second-order valence-corrected chi connectivity index (χ2v) is 6.00. The Balaban J connectivity index is 2.19. The lowest BCUT2D eigenvalue weighted by molar-refractivity contribution is 0.0525. The first-order valence-corrected chi connectivity index (χ1v) is 7.70. The molecule has 0 N–H and O–H groups in total. The monoisotopic (exact) mass is 396 g/mol. The van der Waals surface area contributed by atoms with Crippen LogP contribution in [-0.2, 0) is 4.74 Å². The first-order chi connectivity index (χ1) is 9.51. The summed E-state index contributed by atoms with van der Waals surface area (Å²) in [5.41, 5.74) is 0. The fourth-order valence-corrected chi connectivity index (χ4v) is 2.64. The van der Waals surface area contributed by atoms with Gasteiger partial charge in [-0.1, -0.05) is 28.3 Å². The molecule has 0 saturated carbocycles. The Bertz CT molecular complexity index is 651. The van der Waals surface area contributed by atoms with Gasteiger partial charge in [-0.05, 0) is 40.3 Å². The van der Waals surface area contributed by atoms with E-state index in [-0.39, 0.29) is 16.8 Å². The molecule has 0 radical (unpaired) electrons. The molecule has 0 bridgehead atoms. The molecule has 1 heterocycles. The summed E-state index contributed by atoms with van der Waals surface area (Å²) in [5, 5.41) is 8.51. The van der Waals surface area contributed by atoms with E-state index in [2.05, 4.69) is 26.1 Å². The van der Waals surface area contributed by atoms with E-state index in [1.807, 2.05) is 0 Å². The minimum Gasteiger partial charge on any atom is -0.461 e. The highest BCUT2D eigenvalue weighted by Crippen LogP contribution is 2.37. The molecule has 0 atom stereocenters. The average molecular weight is 398 g/mol. The van der Waals surface area contributed by atoms with Crippen molar-refractivity contribution < 1.29 is 14.3 Å². The van der Waals surface area contributed by atoms with Gasteiger partial charge in [-0.25, -0.2) is 4.79 Å². The van der Waals surface area contributed by atoms with Crippen LogP contribution in [0.2, 0.25) is 10.0 Å². The van der Waals surface area contributed by atoms with E-state index in [9.17, 15) is 4.79 Å². The number of carbonyl (C=O) groups excluding carboxylic acids is 1. The van der Waals surface area contributed by atoms with Gasteiger partial charge in [0, 0.05) is 10.5 Å². The molecule has 1 aromatic heterocycles. The van der Waals surface area contributed by atoms with Crippen LogP contribution in [0, 0.1) is 0 Å². The van der Waals surface area contributed by atoms with E-state index in [0.29, 0.717) is 20.3 Å². The number of rotatable bonds is 4. The van der Waals surface area contributed by atoms with Crippen LogP contribution in [0.15, 0.2) is 16.6 Å². The quantitative estimate of drug-likeness (QED) is 0.558. The van der Waals surface area contributed by atoms with Crippen molar-refractivity contribution in [1.29, 1.82) is 0 Å². The topological polar surface area (TPSA) is 61.3 Å². The SMILES string of the molecule is CCOC(=O)c1nnc(Oc2cc(Cl)c(Br)cc2Cl)s1. The molecule has 0 unspecified atom stereocenters. The maximum Gasteiger partial charge on any atom is 0.369 e. The summed E-state index contributed by atoms with van der Waals surface area (Å²) < 4.78 is 10.9. The Labute approximate surface area is 136 Å². The van der Waals surface area contributed by atoms with E-state index in [1.165, 1.54) is 0 Å². The summed E-state index contributed by atoms with van der Waals surface area (Å²) in [4.78, 5) is 11.5. The van der Waals surface area contributed by atoms with E-state index < -0.39 is 5.97 Å². The summed E-state index contributed by atoms with van der Waals surface area (Å²) in [6.07, 6.45) is 0.